The maximum Gasteiger partial charge on any atom is 0.497 e. The van der Waals surface area contributed by atoms with Gasteiger partial charge < -0.3 is 9.31 Å². The van der Waals surface area contributed by atoms with Crippen LogP contribution in [-0.4, -0.2) is 30.5 Å². The third kappa shape index (κ3) is 0.934. The lowest BCUT2D eigenvalue weighted by Gasteiger charge is -1.96. The van der Waals surface area contributed by atoms with Crippen LogP contribution in [0.4, 0.5) is 0 Å². The van der Waals surface area contributed by atoms with Crippen LogP contribution in [0.15, 0.2) is 12.4 Å². The van der Waals surface area contributed by atoms with Gasteiger partial charge in [-0.15, -0.1) is 0 Å². The molecule has 4 nitrogen and oxygen atoms in total. The summed E-state index contributed by atoms with van der Waals surface area (Å²) in [4.78, 5) is 0. The Balaban J connectivity index is 2.12. The van der Waals surface area contributed by atoms with E-state index in [9.17, 15) is 0 Å². The topological polar surface area (TPSA) is 47.1 Å². The molecule has 10 heavy (non-hydrogen) atoms. The Kier molecular flexibility index (Phi) is 1.45. The molecule has 1 saturated heterocycles. The molecule has 1 fully saturated rings. The molecule has 0 atom stereocenters. The van der Waals surface area contributed by atoms with E-state index in [0.29, 0.717) is 13.2 Å². The van der Waals surface area contributed by atoms with Crippen molar-refractivity contribution in [1.29, 1.82) is 0 Å². The summed E-state index contributed by atoms with van der Waals surface area (Å²) in [7, 11) is -0.196. The molecule has 0 unspecified atom stereocenters. The fraction of sp³-hybridized carbons (Fsp3) is 0.400. The highest BCUT2D eigenvalue weighted by molar-refractivity contribution is 6.61. The van der Waals surface area contributed by atoms with Crippen LogP contribution in [0.5, 0.6) is 0 Å². The maximum absolute atomic E-state index is 5.22. The van der Waals surface area contributed by atoms with Gasteiger partial charge in [0.15, 0.2) is 0 Å². The minimum atomic E-state index is -0.196. The highest BCUT2D eigenvalue weighted by Crippen LogP contribution is 1.97. The number of aromatic amines is 1. The molecule has 2 heterocycles. The van der Waals surface area contributed by atoms with Crippen molar-refractivity contribution in [2.45, 2.75) is 0 Å². The zero-order chi connectivity index (χ0) is 6.81. The van der Waals surface area contributed by atoms with E-state index < -0.39 is 0 Å². The Hall–Kier alpha value is -0.805. The molecule has 0 aliphatic carbocycles. The lowest BCUT2D eigenvalue weighted by molar-refractivity contribution is 0.365. The minimum Gasteiger partial charge on any atom is -0.405 e. The lowest BCUT2D eigenvalue weighted by atomic mass is 9.82. The Morgan fingerprint density at radius 3 is 2.90 bits per heavy atom. The minimum absolute atomic E-state index is 0.196. The molecule has 0 aromatic carbocycles. The molecule has 1 N–H and O–H groups in total. The predicted octanol–water partition coefficient (Wildman–Crippen LogP) is -0.848. The summed E-state index contributed by atoms with van der Waals surface area (Å²) in [5.41, 5.74) is 0.956. The van der Waals surface area contributed by atoms with Crippen LogP contribution in [-0.2, 0) is 9.31 Å². The second-order valence-corrected chi connectivity index (χ2v) is 2.11. The van der Waals surface area contributed by atoms with Gasteiger partial charge in [-0.05, 0) is 0 Å². The number of hydrogen-bond donors (Lipinski definition) is 1. The molecule has 5 heteroatoms. The smallest absolute Gasteiger partial charge is 0.405 e. The Bertz CT molecular complexity index is 195. The predicted molar refractivity (Wildman–Crippen MR) is 35.9 cm³/mol. The first kappa shape index (κ1) is 5.94. The number of nitrogens with one attached hydrogen (secondary N) is 1. The monoisotopic (exact) mass is 138 g/mol. The quantitative estimate of drug-likeness (QED) is 0.514. The summed E-state index contributed by atoms with van der Waals surface area (Å²) >= 11 is 0. The summed E-state index contributed by atoms with van der Waals surface area (Å²) in [5.74, 6) is 0. The van der Waals surface area contributed by atoms with Crippen molar-refractivity contribution in [3.63, 3.8) is 0 Å². The van der Waals surface area contributed by atoms with Crippen molar-refractivity contribution in [3.05, 3.63) is 12.4 Å². The largest absolute Gasteiger partial charge is 0.497 e. The Morgan fingerprint density at radius 1 is 1.50 bits per heavy atom. The van der Waals surface area contributed by atoms with Crippen molar-refractivity contribution in [1.82, 2.24) is 10.2 Å². The molecule has 1 aliphatic heterocycles. The van der Waals surface area contributed by atoms with Gasteiger partial charge in [0, 0.05) is 17.9 Å². The van der Waals surface area contributed by atoms with Gasteiger partial charge in [-0.3, -0.25) is 5.10 Å². The van der Waals surface area contributed by atoms with Gasteiger partial charge in [-0.2, -0.15) is 5.10 Å². The fourth-order valence-electron chi connectivity index (χ4n) is 0.941. The van der Waals surface area contributed by atoms with Crippen molar-refractivity contribution in [2.75, 3.05) is 13.2 Å². The van der Waals surface area contributed by atoms with E-state index in [4.69, 9.17) is 9.31 Å². The van der Waals surface area contributed by atoms with Crippen molar-refractivity contribution in [2.24, 2.45) is 0 Å². The lowest BCUT2D eigenvalue weighted by Crippen LogP contribution is -2.30. The third-order valence-corrected chi connectivity index (χ3v) is 1.41. The van der Waals surface area contributed by atoms with Crippen LogP contribution in [0.2, 0.25) is 0 Å². The molecule has 1 aromatic rings. The van der Waals surface area contributed by atoms with E-state index in [1.165, 1.54) is 0 Å². The first-order valence-electron chi connectivity index (χ1n) is 3.19. The summed E-state index contributed by atoms with van der Waals surface area (Å²) in [6.45, 7) is 1.35. The van der Waals surface area contributed by atoms with Gasteiger partial charge in [0.05, 0.1) is 13.2 Å². The van der Waals surface area contributed by atoms with Gasteiger partial charge >= 0.3 is 7.12 Å². The average Bonchev–Trinajstić information content (AvgIpc) is 2.59. The van der Waals surface area contributed by atoms with E-state index in [1.54, 1.807) is 12.4 Å². The van der Waals surface area contributed by atoms with Crippen LogP contribution in [0.25, 0.3) is 0 Å². The summed E-state index contributed by atoms with van der Waals surface area (Å²) in [5, 5.41) is 6.48. The molecule has 52 valence electrons. The molecule has 0 saturated carbocycles. The van der Waals surface area contributed by atoms with Crippen LogP contribution in [0.1, 0.15) is 0 Å². The van der Waals surface area contributed by atoms with Crippen molar-refractivity contribution >= 4 is 12.6 Å². The van der Waals surface area contributed by atoms with Crippen LogP contribution >= 0.6 is 0 Å². The van der Waals surface area contributed by atoms with E-state index in [1.807, 2.05) is 0 Å². The first-order chi connectivity index (χ1) is 4.97. The Morgan fingerprint density at radius 2 is 2.30 bits per heavy atom. The third-order valence-electron chi connectivity index (χ3n) is 1.41. The zero-order valence-corrected chi connectivity index (χ0v) is 5.41. The number of rotatable bonds is 1. The molecule has 0 radical (unpaired) electrons. The molecule has 0 spiro atoms. The highest BCUT2D eigenvalue weighted by Gasteiger charge is 2.26. The average molecular weight is 138 g/mol. The maximum atomic E-state index is 5.22. The molecule has 1 aromatic heterocycles. The van der Waals surface area contributed by atoms with Crippen LogP contribution < -0.4 is 5.46 Å². The van der Waals surface area contributed by atoms with Gasteiger partial charge in [-0.1, -0.05) is 0 Å². The zero-order valence-electron chi connectivity index (χ0n) is 5.41. The summed E-state index contributed by atoms with van der Waals surface area (Å²) in [6.07, 6.45) is 3.48. The second kappa shape index (κ2) is 2.44. The van der Waals surface area contributed by atoms with Crippen LogP contribution in [0.3, 0.4) is 0 Å². The SMILES string of the molecule is c1n[nH]cc1B1OCCO1. The molecule has 0 bridgehead atoms. The van der Waals surface area contributed by atoms with E-state index in [-0.39, 0.29) is 7.12 Å². The second-order valence-electron chi connectivity index (χ2n) is 2.11. The molecule has 2 rings (SSSR count). The van der Waals surface area contributed by atoms with Crippen LogP contribution in [0, 0.1) is 0 Å². The molecule has 0 amide bonds. The molecular formula is C5H7BN2O2. The van der Waals surface area contributed by atoms with Crippen molar-refractivity contribution < 1.29 is 9.31 Å². The van der Waals surface area contributed by atoms with Gasteiger partial charge in [0.2, 0.25) is 0 Å². The standard InChI is InChI=1S/C5H7BN2O2/c1-2-10-6(9-1)5-3-7-8-4-5/h3-4H,1-2H2,(H,7,8). The number of aromatic nitrogens is 2. The number of nitrogens with zero attached hydrogens (tertiary/aromatic N) is 1. The number of H-pyrrole nitrogens is 1. The summed E-state index contributed by atoms with van der Waals surface area (Å²) < 4.78 is 10.4. The molecule has 1 aliphatic rings. The first-order valence-corrected chi connectivity index (χ1v) is 3.19. The molecular weight excluding hydrogens is 131 g/mol. The van der Waals surface area contributed by atoms with Gasteiger partial charge in [0.25, 0.3) is 0 Å². The van der Waals surface area contributed by atoms with Gasteiger partial charge in [0.1, 0.15) is 0 Å². The van der Waals surface area contributed by atoms with Crippen molar-refractivity contribution in [3.8, 4) is 0 Å². The van der Waals surface area contributed by atoms with E-state index in [2.05, 4.69) is 10.2 Å². The van der Waals surface area contributed by atoms with E-state index in [0.717, 1.165) is 5.46 Å². The highest BCUT2D eigenvalue weighted by atomic mass is 16.6. The Labute approximate surface area is 58.7 Å². The van der Waals surface area contributed by atoms with Gasteiger partial charge in [-0.25, -0.2) is 0 Å². The number of hydrogen-bond acceptors (Lipinski definition) is 3. The summed E-state index contributed by atoms with van der Waals surface area (Å²) in [6, 6.07) is 0. The van der Waals surface area contributed by atoms with E-state index >= 15 is 0 Å². The fourth-order valence-corrected chi connectivity index (χ4v) is 0.941. The normalized spacial score (nSPS) is 18.2.